The van der Waals surface area contributed by atoms with Crippen LogP contribution in [-0.4, -0.2) is 28.7 Å². The molecule has 1 aromatic heterocycles. The number of alkyl halides is 1. The first-order chi connectivity index (χ1) is 7.72. The van der Waals surface area contributed by atoms with Crippen molar-refractivity contribution in [2.24, 2.45) is 0 Å². The Morgan fingerprint density at radius 2 is 2.31 bits per heavy atom. The molecule has 6 nitrogen and oxygen atoms in total. The Kier molecular flexibility index (Phi) is 3.14. The average Bonchev–Trinajstić information content (AvgIpc) is 2.29. The standard InChI is InChI=1S/C9H9BrN4O2/c10-5-6-1-3-11-13-8(6)14-4-2-7(15)12-9(14)16/h1,3H,2,4-5H2,(H,12,15,16). The number of aromatic nitrogens is 2. The van der Waals surface area contributed by atoms with Crippen molar-refractivity contribution < 1.29 is 9.59 Å². The van der Waals surface area contributed by atoms with Gasteiger partial charge < -0.3 is 0 Å². The first kappa shape index (κ1) is 11.0. The van der Waals surface area contributed by atoms with Crippen molar-refractivity contribution in [2.45, 2.75) is 11.8 Å². The van der Waals surface area contributed by atoms with Crippen molar-refractivity contribution in [3.8, 4) is 0 Å². The molecule has 0 radical (unpaired) electrons. The molecule has 0 aromatic carbocycles. The summed E-state index contributed by atoms with van der Waals surface area (Å²) in [4.78, 5) is 24.0. The van der Waals surface area contributed by atoms with Crippen LogP contribution < -0.4 is 10.2 Å². The molecule has 1 aliphatic heterocycles. The minimum Gasteiger partial charge on any atom is -0.278 e. The van der Waals surface area contributed by atoms with Gasteiger partial charge in [0.15, 0.2) is 5.82 Å². The summed E-state index contributed by atoms with van der Waals surface area (Å²) in [5.41, 5.74) is 0.861. The quantitative estimate of drug-likeness (QED) is 0.816. The number of imide groups is 1. The fraction of sp³-hybridized carbons (Fsp3) is 0.333. The van der Waals surface area contributed by atoms with E-state index in [4.69, 9.17) is 0 Å². The third-order valence-corrected chi connectivity index (χ3v) is 2.84. The van der Waals surface area contributed by atoms with Crippen LogP contribution in [0, 0.1) is 0 Å². The van der Waals surface area contributed by atoms with Crippen molar-refractivity contribution in [1.29, 1.82) is 0 Å². The molecule has 2 rings (SSSR count). The van der Waals surface area contributed by atoms with E-state index in [1.807, 2.05) is 0 Å². The van der Waals surface area contributed by atoms with E-state index < -0.39 is 6.03 Å². The molecule has 1 saturated heterocycles. The smallest absolute Gasteiger partial charge is 0.278 e. The summed E-state index contributed by atoms with van der Waals surface area (Å²) in [6, 6.07) is 1.33. The molecule has 0 bridgehead atoms. The predicted molar refractivity (Wildman–Crippen MR) is 60.2 cm³/mol. The number of halogens is 1. The molecule has 2 heterocycles. The Morgan fingerprint density at radius 1 is 1.50 bits per heavy atom. The highest BCUT2D eigenvalue weighted by molar-refractivity contribution is 9.08. The number of carbonyl (C=O) groups is 2. The number of nitrogens with zero attached hydrogens (tertiary/aromatic N) is 3. The van der Waals surface area contributed by atoms with E-state index in [9.17, 15) is 9.59 Å². The molecule has 7 heteroatoms. The summed E-state index contributed by atoms with van der Waals surface area (Å²) in [6.07, 6.45) is 1.84. The summed E-state index contributed by atoms with van der Waals surface area (Å²) >= 11 is 3.31. The number of hydrogen-bond acceptors (Lipinski definition) is 4. The van der Waals surface area contributed by atoms with E-state index in [2.05, 4.69) is 31.4 Å². The van der Waals surface area contributed by atoms with Gasteiger partial charge >= 0.3 is 6.03 Å². The SMILES string of the molecule is O=C1CCN(c2nnccc2CBr)C(=O)N1. The lowest BCUT2D eigenvalue weighted by molar-refractivity contribution is -0.120. The molecule has 1 fully saturated rings. The van der Waals surface area contributed by atoms with E-state index in [1.54, 1.807) is 12.3 Å². The maximum atomic E-state index is 11.6. The Bertz CT molecular complexity index is 437. The van der Waals surface area contributed by atoms with E-state index in [0.29, 0.717) is 17.7 Å². The number of hydrogen-bond donors (Lipinski definition) is 1. The first-order valence-electron chi connectivity index (χ1n) is 4.70. The van der Waals surface area contributed by atoms with Gasteiger partial charge in [0, 0.05) is 23.9 Å². The number of rotatable bonds is 2. The number of nitrogens with one attached hydrogen (secondary N) is 1. The summed E-state index contributed by atoms with van der Waals surface area (Å²) in [5.74, 6) is 0.231. The molecule has 1 aromatic rings. The molecule has 84 valence electrons. The Morgan fingerprint density at radius 3 is 3.00 bits per heavy atom. The minimum absolute atomic E-state index is 0.259. The Balaban J connectivity index is 2.30. The van der Waals surface area contributed by atoms with Crippen LogP contribution >= 0.6 is 15.9 Å². The third kappa shape index (κ3) is 2.04. The van der Waals surface area contributed by atoms with E-state index in [1.165, 1.54) is 4.90 Å². The zero-order valence-electron chi connectivity index (χ0n) is 8.31. The topological polar surface area (TPSA) is 75.2 Å². The molecule has 0 saturated carbocycles. The van der Waals surface area contributed by atoms with Crippen molar-refractivity contribution in [2.75, 3.05) is 11.4 Å². The molecule has 1 aliphatic rings. The molecular formula is C9H9BrN4O2. The van der Waals surface area contributed by atoms with Gasteiger partial charge in [0.1, 0.15) is 0 Å². The number of amides is 3. The van der Waals surface area contributed by atoms with Gasteiger partial charge in [-0.2, -0.15) is 5.10 Å². The van der Waals surface area contributed by atoms with E-state index in [-0.39, 0.29) is 12.3 Å². The highest BCUT2D eigenvalue weighted by Crippen LogP contribution is 2.20. The van der Waals surface area contributed by atoms with Crippen LogP contribution in [0.1, 0.15) is 12.0 Å². The summed E-state index contributed by atoms with van der Waals surface area (Å²) in [5, 5.41) is 10.5. The van der Waals surface area contributed by atoms with Gasteiger partial charge in [0.2, 0.25) is 5.91 Å². The normalized spacial score (nSPS) is 16.2. The number of anilines is 1. The van der Waals surface area contributed by atoms with Gasteiger partial charge in [-0.1, -0.05) is 15.9 Å². The van der Waals surface area contributed by atoms with Crippen LogP contribution in [-0.2, 0) is 10.1 Å². The van der Waals surface area contributed by atoms with Gasteiger partial charge in [-0.25, -0.2) is 4.79 Å². The lowest BCUT2D eigenvalue weighted by atomic mass is 10.2. The van der Waals surface area contributed by atoms with Crippen LogP contribution in [0.4, 0.5) is 10.6 Å². The van der Waals surface area contributed by atoms with Crippen LogP contribution in [0.25, 0.3) is 0 Å². The first-order valence-corrected chi connectivity index (χ1v) is 5.82. The van der Waals surface area contributed by atoms with Gasteiger partial charge in [0.05, 0.1) is 6.20 Å². The van der Waals surface area contributed by atoms with Crippen molar-refractivity contribution >= 4 is 33.7 Å². The lowest BCUT2D eigenvalue weighted by Gasteiger charge is -2.26. The molecular weight excluding hydrogens is 276 g/mol. The van der Waals surface area contributed by atoms with Crippen LogP contribution in [0.2, 0.25) is 0 Å². The second kappa shape index (κ2) is 4.56. The fourth-order valence-electron chi connectivity index (χ4n) is 1.45. The minimum atomic E-state index is -0.445. The molecule has 3 amide bonds. The van der Waals surface area contributed by atoms with Crippen LogP contribution in [0.3, 0.4) is 0 Å². The van der Waals surface area contributed by atoms with Crippen LogP contribution in [0.15, 0.2) is 12.3 Å². The Hall–Kier alpha value is -1.50. The summed E-state index contributed by atoms with van der Waals surface area (Å²) < 4.78 is 0. The zero-order valence-corrected chi connectivity index (χ0v) is 9.90. The van der Waals surface area contributed by atoms with Crippen molar-refractivity contribution in [3.05, 3.63) is 17.8 Å². The third-order valence-electron chi connectivity index (χ3n) is 2.24. The molecule has 0 unspecified atom stereocenters. The molecule has 16 heavy (non-hydrogen) atoms. The lowest BCUT2D eigenvalue weighted by Crippen LogP contribution is -2.50. The largest absolute Gasteiger partial charge is 0.329 e. The highest BCUT2D eigenvalue weighted by Gasteiger charge is 2.26. The monoisotopic (exact) mass is 284 g/mol. The average molecular weight is 285 g/mol. The maximum absolute atomic E-state index is 11.6. The van der Waals surface area contributed by atoms with Gasteiger partial charge in [0.25, 0.3) is 0 Å². The fourth-order valence-corrected chi connectivity index (χ4v) is 1.89. The molecule has 1 N–H and O–H groups in total. The second-order valence-corrected chi connectivity index (χ2v) is 3.83. The number of carbonyl (C=O) groups excluding carboxylic acids is 2. The van der Waals surface area contributed by atoms with E-state index in [0.717, 1.165) is 5.56 Å². The summed E-state index contributed by atoms with van der Waals surface area (Å²) in [7, 11) is 0. The molecule has 0 aliphatic carbocycles. The van der Waals surface area contributed by atoms with E-state index >= 15 is 0 Å². The zero-order chi connectivity index (χ0) is 11.5. The van der Waals surface area contributed by atoms with Crippen LogP contribution in [0.5, 0.6) is 0 Å². The predicted octanol–water partition coefficient (Wildman–Crippen LogP) is 0.818. The second-order valence-electron chi connectivity index (χ2n) is 3.27. The molecule has 0 atom stereocenters. The van der Waals surface area contributed by atoms with Gasteiger partial charge in [-0.05, 0) is 6.07 Å². The van der Waals surface area contributed by atoms with Crippen molar-refractivity contribution in [1.82, 2.24) is 15.5 Å². The van der Waals surface area contributed by atoms with Crippen molar-refractivity contribution in [3.63, 3.8) is 0 Å². The summed E-state index contributed by atoms with van der Waals surface area (Å²) in [6.45, 7) is 0.337. The highest BCUT2D eigenvalue weighted by atomic mass is 79.9. The Labute approximate surface area is 100 Å². The maximum Gasteiger partial charge on any atom is 0.329 e. The van der Waals surface area contributed by atoms with Gasteiger partial charge in [-0.3, -0.25) is 15.0 Å². The molecule has 0 spiro atoms. The number of urea groups is 1. The van der Waals surface area contributed by atoms with Gasteiger partial charge in [-0.15, -0.1) is 5.10 Å².